The first-order valence-electron chi connectivity index (χ1n) is 6.99. The molecule has 20 heavy (non-hydrogen) atoms. The smallest absolute Gasteiger partial charge is 0.212 e. The molecule has 0 fully saturated rings. The Morgan fingerprint density at radius 2 is 2.00 bits per heavy atom. The monoisotopic (exact) mass is 290 g/mol. The Bertz CT molecular complexity index is 522. The van der Waals surface area contributed by atoms with Crippen LogP contribution in [0, 0.1) is 0 Å². The van der Waals surface area contributed by atoms with Gasteiger partial charge >= 0.3 is 0 Å². The molecule has 0 aliphatic heterocycles. The van der Waals surface area contributed by atoms with Crippen molar-refractivity contribution in [3.05, 3.63) is 45.8 Å². The average molecular weight is 290 g/mol. The molecule has 0 radical (unpaired) electrons. The van der Waals surface area contributed by atoms with E-state index < -0.39 is 0 Å². The molecule has 0 aromatic carbocycles. The molecule has 1 atom stereocenters. The number of nitrogens with one attached hydrogen (secondary N) is 1. The fraction of sp³-hybridized carbons (Fsp3) is 0.438. The number of hydrogen-bond acceptors (Lipinski definition) is 4. The predicted octanol–water partition coefficient (Wildman–Crippen LogP) is 3.09. The zero-order valence-electron chi connectivity index (χ0n) is 12.3. The van der Waals surface area contributed by atoms with Crippen LogP contribution in [0.1, 0.15) is 22.2 Å². The van der Waals surface area contributed by atoms with Gasteiger partial charge in [0.1, 0.15) is 0 Å². The van der Waals surface area contributed by atoms with Crippen LogP contribution in [0.15, 0.2) is 30.5 Å². The maximum atomic E-state index is 5.09. The van der Waals surface area contributed by atoms with Gasteiger partial charge in [0.25, 0.3) is 0 Å². The van der Waals surface area contributed by atoms with Crippen molar-refractivity contribution < 1.29 is 4.74 Å². The van der Waals surface area contributed by atoms with E-state index in [1.54, 1.807) is 7.11 Å². The van der Waals surface area contributed by atoms with Crippen molar-refractivity contribution in [2.45, 2.75) is 32.2 Å². The molecule has 0 saturated heterocycles. The number of thiophene rings is 1. The highest BCUT2D eigenvalue weighted by molar-refractivity contribution is 7.11. The first-order chi connectivity index (χ1) is 9.75. The molecule has 108 valence electrons. The standard InChI is InChI=1S/C16H22N2OS/c1-4-14-6-7-15(20-14)10-13(17-2)9-12-5-8-16(19-3)18-11-12/h5-8,11,13,17H,4,9-10H2,1-3H3. The predicted molar refractivity (Wildman–Crippen MR) is 84.7 cm³/mol. The molecule has 2 rings (SSSR count). The van der Waals surface area contributed by atoms with Gasteiger partial charge in [0, 0.05) is 28.1 Å². The first-order valence-corrected chi connectivity index (χ1v) is 7.80. The third-order valence-corrected chi connectivity index (χ3v) is 4.66. The highest BCUT2D eigenvalue weighted by Gasteiger charge is 2.10. The van der Waals surface area contributed by atoms with Crippen LogP contribution in [0.4, 0.5) is 0 Å². The summed E-state index contributed by atoms with van der Waals surface area (Å²) in [5.74, 6) is 0.667. The quantitative estimate of drug-likeness (QED) is 0.851. The normalized spacial score (nSPS) is 12.3. The molecular formula is C16H22N2OS. The van der Waals surface area contributed by atoms with Gasteiger partial charge in [0.2, 0.25) is 5.88 Å². The molecule has 0 aliphatic rings. The largest absolute Gasteiger partial charge is 0.481 e. The second-order valence-electron chi connectivity index (χ2n) is 4.82. The fourth-order valence-electron chi connectivity index (χ4n) is 2.18. The van der Waals surface area contributed by atoms with Gasteiger partial charge in [-0.15, -0.1) is 11.3 Å². The molecular weight excluding hydrogens is 268 g/mol. The van der Waals surface area contributed by atoms with Gasteiger partial charge in [-0.25, -0.2) is 4.98 Å². The molecule has 4 heteroatoms. The zero-order valence-corrected chi connectivity index (χ0v) is 13.2. The zero-order chi connectivity index (χ0) is 14.4. The molecule has 1 unspecified atom stereocenters. The van der Waals surface area contributed by atoms with E-state index >= 15 is 0 Å². The van der Waals surface area contributed by atoms with E-state index in [9.17, 15) is 0 Å². The summed E-state index contributed by atoms with van der Waals surface area (Å²) in [5.41, 5.74) is 1.23. The van der Waals surface area contributed by atoms with Crippen molar-refractivity contribution in [2.75, 3.05) is 14.2 Å². The Morgan fingerprint density at radius 1 is 1.20 bits per heavy atom. The van der Waals surface area contributed by atoms with Crippen LogP contribution in [0.2, 0.25) is 0 Å². The summed E-state index contributed by atoms with van der Waals surface area (Å²) in [6, 6.07) is 8.93. The lowest BCUT2D eigenvalue weighted by atomic mass is 10.0. The van der Waals surface area contributed by atoms with Crippen LogP contribution in [0.5, 0.6) is 5.88 Å². The highest BCUT2D eigenvalue weighted by atomic mass is 32.1. The van der Waals surface area contributed by atoms with Crippen molar-refractivity contribution in [1.29, 1.82) is 0 Å². The van der Waals surface area contributed by atoms with Gasteiger partial charge in [-0.1, -0.05) is 13.0 Å². The number of methoxy groups -OCH3 is 1. The van der Waals surface area contributed by atoms with Crippen LogP contribution in [-0.4, -0.2) is 25.2 Å². The van der Waals surface area contributed by atoms with E-state index in [2.05, 4.69) is 35.4 Å². The number of rotatable bonds is 7. The van der Waals surface area contributed by atoms with E-state index in [1.807, 2.05) is 30.6 Å². The summed E-state index contributed by atoms with van der Waals surface area (Å²) in [6.07, 6.45) is 5.06. The molecule has 0 saturated carbocycles. The minimum absolute atomic E-state index is 0.438. The lowest BCUT2D eigenvalue weighted by molar-refractivity contribution is 0.397. The highest BCUT2D eigenvalue weighted by Crippen LogP contribution is 2.19. The number of hydrogen-bond donors (Lipinski definition) is 1. The van der Waals surface area contributed by atoms with Gasteiger partial charge in [-0.2, -0.15) is 0 Å². The lowest BCUT2D eigenvalue weighted by Gasteiger charge is -2.15. The maximum Gasteiger partial charge on any atom is 0.212 e. The lowest BCUT2D eigenvalue weighted by Crippen LogP contribution is -2.29. The SMILES string of the molecule is CCc1ccc(CC(Cc2ccc(OC)nc2)NC)s1. The summed E-state index contributed by atoms with van der Waals surface area (Å²) in [4.78, 5) is 7.17. The summed E-state index contributed by atoms with van der Waals surface area (Å²) >= 11 is 1.92. The van der Waals surface area contributed by atoms with Gasteiger partial charge < -0.3 is 10.1 Å². The van der Waals surface area contributed by atoms with E-state index in [0.717, 1.165) is 19.3 Å². The number of aryl methyl sites for hydroxylation is 1. The van der Waals surface area contributed by atoms with Gasteiger partial charge in [-0.05, 0) is 44.0 Å². The van der Waals surface area contributed by atoms with Crippen LogP contribution in [-0.2, 0) is 19.3 Å². The molecule has 2 aromatic heterocycles. The van der Waals surface area contributed by atoms with E-state index in [1.165, 1.54) is 15.3 Å². The maximum absolute atomic E-state index is 5.09. The molecule has 0 spiro atoms. The van der Waals surface area contributed by atoms with Gasteiger partial charge in [0.15, 0.2) is 0 Å². The van der Waals surface area contributed by atoms with Crippen molar-refractivity contribution in [3.63, 3.8) is 0 Å². The summed E-state index contributed by atoms with van der Waals surface area (Å²) in [5, 5.41) is 3.40. The molecule has 2 heterocycles. The molecule has 0 aliphatic carbocycles. The number of pyridine rings is 1. The van der Waals surface area contributed by atoms with Crippen molar-refractivity contribution in [1.82, 2.24) is 10.3 Å². The molecule has 2 aromatic rings. The minimum atomic E-state index is 0.438. The Labute approximate surface area is 125 Å². The first kappa shape index (κ1) is 15.0. The Hall–Kier alpha value is -1.39. The molecule has 1 N–H and O–H groups in total. The summed E-state index contributed by atoms with van der Waals surface area (Å²) in [7, 11) is 3.66. The molecule has 0 amide bonds. The van der Waals surface area contributed by atoms with Crippen molar-refractivity contribution >= 4 is 11.3 Å². The third kappa shape index (κ3) is 4.05. The second-order valence-corrected chi connectivity index (χ2v) is 6.08. The average Bonchev–Trinajstić information content (AvgIpc) is 2.95. The molecule has 3 nitrogen and oxygen atoms in total. The Kier molecular flexibility index (Phi) is 5.56. The summed E-state index contributed by atoms with van der Waals surface area (Å²) < 4.78 is 5.09. The number of likely N-dealkylation sites (N-methyl/N-ethyl adjacent to an activating group) is 1. The third-order valence-electron chi connectivity index (χ3n) is 3.41. The Balaban J connectivity index is 1.97. The second kappa shape index (κ2) is 7.41. The van der Waals surface area contributed by atoms with Gasteiger partial charge in [0.05, 0.1) is 7.11 Å². The Morgan fingerprint density at radius 3 is 2.55 bits per heavy atom. The van der Waals surface area contributed by atoms with Crippen molar-refractivity contribution in [3.8, 4) is 5.88 Å². The molecule has 0 bridgehead atoms. The fourth-order valence-corrected chi connectivity index (χ4v) is 3.22. The van der Waals surface area contributed by atoms with Gasteiger partial charge in [-0.3, -0.25) is 0 Å². The topological polar surface area (TPSA) is 34.1 Å². The van der Waals surface area contributed by atoms with Crippen LogP contribution in [0.25, 0.3) is 0 Å². The van der Waals surface area contributed by atoms with Crippen LogP contribution >= 0.6 is 11.3 Å². The van der Waals surface area contributed by atoms with Crippen LogP contribution < -0.4 is 10.1 Å². The minimum Gasteiger partial charge on any atom is -0.481 e. The summed E-state index contributed by atoms with van der Waals surface area (Å²) in [6.45, 7) is 2.20. The number of aromatic nitrogens is 1. The van der Waals surface area contributed by atoms with Crippen molar-refractivity contribution in [2.24, 2.45) is 0 Å². The number of ether oxygens (including phenoxy) is 1. The number of nitrogens with zero attached hydrogens (tertiary/aromatic N) is 1. The van der Waals surface area contributed by atoms with E-state index in [-0.39, 0.29) is 0 Å². The van der Waals surface area contributed by atoms with E-state index in [4.69, 9.17) is 4.74 Å². The van der Waals surface area contributed by atoms with E-state index in [0.29, 0.717) is 11.9 Å². The van der Waals surface area contributed by atoms with Crippen LogP contribution in [0.3, 0.4) is 0 Å².